The summed E-state index contributed by atoms with van der Waals surface area (Å²) in [4.78, 5) is 0. The van der Waals surface area contributed by atoms with E-state index < -0.39 is 0 Å². The Bertz CT molecular complexity index is 2320. The summed E-state index contributed by atoms with van der Waals surface area (Å²) in [5.74, 6) is 0. The lowest BCUT2D eigenvalue weighted by molar-refractivity contribution is 1.64. The van der Waals surface area contributed by atoms with E-state index >= 15 is 0 Å². The molecule has 0 unspecified atom stereocenters. The molecule has 0 atom stereocenters. The summed E-state index contributed by atoms with van der Waals surface area (Å²) < 4.78 is 17.1. The van der Waals surface area contributed by atoms with E-state index in [4.69, 9.17) is 2.74 Å². The summed E-state index contributed by atoms with van der Waals surface area (Å²) in [6, 6.07) is 51.7. The van der Waals surface area contributed by atoms with Crippen molar-refractivity contribution < 1.29 is 2.74 Å². The Balaban J connectivity index is 1.41. The van der Waals surface area contributed by atoms with Gasteiger partial charge in [-0.1, -0.05) is 139 Å². The molecule has 0 saturated carbocycles. The molecule has 0 aromatic heterocycles. The van der Waals surface area contributed by atoms with Gasteiger partial charge in [0.25, 0.3) is 0 Å². The van der Waals surface area contributed by atoms with Crippen LogP contribution in [0.25, 0.3) is 76.5 Å². The number of fused-ring (bicyclic) bond motifs is 4. The van der Waals surface area contributed by atoms with Crippen LogP contribution in [0.15, 0.2) is 158 Å². The van der Waals surface area contributed by atoms with Gasteiger partial charge in [-0.3, -0.25) is 0 Å². The van der Waals surface area contributed by atoms with Gasteiger partial charge in [-0.05, 0) is 94.7 Å². The number of hydrogen-bond donors (Lipinski definition) is 0. The van der Waals surface area contributed by atoms with Gasteiger partial charge < -0.3 is 0 Å². The summed E-state index contributed by atoms with van der Waals surface area (Å²) in [6.45, 7) is 0. The minimum Gasteiger partial charge on any atom is -0.0622 e. The molecule has 0 heteroatoms. The highest BCUT2D eigenvalue weighted by Crippen LogP contribution is 2.44. The molecular weight excluding hydrogens is 480 g/mol. The highest BCUT2D eigenvalue weighted by molar-refractivity contribution is 6.22. The van der Waals surface area contributed by atoms with Crippen LogP contribution in [0.2, 0.25) is 0 Å². The molecule has 0 nitrogen and oxygen atoms in total. The predicted molar refractivity (Wildman–Crippen MR) is 173 cm³/mol. The molecule has 186 valence electrons. The van der Waals surface area contributed by atoms with Crippen molar-refractivity contribution in [3.05, 3.63) is 158 Å². The zero-order chi connectivity index (χ0) is 28.2. The van der Waals surface area contributed by atoms with Crippen LogP contribution in [0.5, 0.6) is 0 Å². The molecule has 0 aliphatic heterocycles. The maximum atomic E-state index is 8.57. The fraction of sp³-hybridized carbons (Fsp3) is 0. The Morgan fingerprint density at radius 2 is 0.750 bits per heavy atom. The third-order valence-electron chi connectivity index (χ3n) is 8.08. The fourth-order valence-electron chi connectivity index (χ4n) is 6.18. The summed E-state index contributed by atoms with van der Waals surface area (Å²) in [5, 5.41) is 9.04. The van der Waals surface area contributed by atoms with E-state index in [2.05, 4.69) is 115 Å². The molecule has 0 heterocycles. The topological polar surface area (TPSA) is 0 Å². The zero-order valence-electron chi connectivity index (χ0n) is 23.9. The Morgan fingerprint density at radius 3 is 1.38 bits per heavy atom. The average Bonchev–Trinajstić information content (AvgIpc) is 3.03. The fourth-order valence-corrected chi connectivity index (χ4v) is 6.18. The summed E-state index contributed by atoms with van der Waals surface area (Å²) in [7, 11) is 0. The minimum atomic E-state index is 0.484. The minimum absolute atomic E-state index is 0.484. The van der Waals surface area contributed by atoms with Crippen molar-refractivity contribution in [2.75, 3.05) is 0 Å². The van der Waals surface area contributed by atoms with Crippen LogP contribution in [0, 0.1) is 0 Å². The highest BCUT2D eigenvalue weighted by Gasteiger charge is 2.17. The van der Waals surface area contributed by atoms with E-state index in [0.717, 1.165) is 43.8 Å². The van der Waals surface area contributed by atoms with Crippen molar-refractivity contribution in [3.63, 3.8) is 0 Å². The number of hydrogen-bond acceptors (Lipinski definition) is 0. The standard InChI is InChI=1S/C40H26/c1-2-10-27(11-3-1)30-19-20-32-26-34(23-21-31(32)24-30)40-37-16-8-6-14-35(37)39(36-15-7-9-17-38(36)40)33-22-18-28-12-4-5-13-29(28)25-33/h1-26H/i6D,9D. The molecule has 0 fully saturated rings. The summed E-state index contributed by atoms with van der Waals surface area (Å²) in [6.07, 6.45) is 0. The molecule has 0 saturated heterocycles. The molecule has 0 aliphatic rings. The maximum absolute atomic E-state index is 8.57. The van der Waals surface area contributed by atoms with E-state index in [-0.39, 0.29) is 0 Å². The summed E-state index contributed by atoms with van der Waals surface area (Å²) >= 11 is 0. The van der Waals surface area contributed by atoms with Gasteiger partial charge in [0.15, 0.2) is 0 Å². The summed E-state index contributed by atoms with van der Waals surface area (Å²) in [5.41, 5.74) is 6.85. The van der Waals surface area contributed by atoms with Crippen LogP contribution >= 0.6 is 0 Å². The first kappa shape index (κ1) is 20.7. The van der Waals surface area contributed by atoms with Gasteiger partial charge in [-0.2, -0.15) is 0 Å². The van der Waals surface area contributed by atoms with Crippen LogP contribution in [-0.2, 0) is 0 Å². The van der Waals surface area contributed by atoms with E-state index in [1.807, 2.05) is 30.3 Å². The quantitative estimate of drug-likeness (QED) is 0.208. The SMILES string of the molecule is [2H]c1ccc2c(-c3ccc4cc(-c5ccccc5)ccc4c3)c3cc([2H])ccc3c(-c3ccc4ccccc4c3)c2c1. The van der Waals surface area contributed by atoms with E-state index in [0.29, 0.717) is 12.1 Å². The molecule has 0 aliphatic carbocycles. The first-order valence-corrected chi connectivity index (χ1v) is 13.7. The third kappa shape index (κ3) is 3.69. The molecule has 8 aromatic rings. The van der Waals surface area contributed by atoms with Gasteiger partial charge in [0.1, 0.15) is 0 Å². The maximum Gasteiger partial charge on any atom is 0.0623 e. The van der Waals surface area contributed by atoms with E-state index in [9.17, 15) is 0 Å². The van der Waals surface area contributed by atoms with Crippen LogP contribution < -0.4 is 0 Å². The molecule has 8 rings (SSSR count). The monoisotopic (exact) mass is 508 g/mol. The second kappa shape index (κ2) is 9.22. The average molecular weight is 509 g/mol. The van der Waals surface area contributed by atoms with Gasteiger partial charge in [0.2, 0.25) is 0 Å². The van der Waals surface area contributed by atoms with Crippen molar-refractivity contribution >= 4 is 43.1 Å². The zero-order valence-corrected chi connectivity index (χ0v) is 21.9. The van der Waals surface area contributed by atoms with Gasteiger partial charge in [0, 0.05) is 0 Å². The van der Waals surface area contributed by atoms with Crippen molar-refractivity contribution in [2.45, 2.75) is 0 Å². The molecule has 0 N–H and O–H groups in total. The lowest BCUT2D eigenvalue weighted by Gasteiger charge is -2.18. The van der Waals surface area contributed by atoms with Crippen LogP contribution in [-0.4, -0.2) is 0 Å². The Hall–Kier alpha value is -5.20. The Labute approximate surface area is 236 Å². The number of rotatable bonds is 3. The van der Waals surface area contributed by atoms with Gasteiger partial charge >= 0.3 is 0 Å². The van der Waals surface area contributed by atoms with Gasteiger partial charge in [0.05, 0.1) is 2.74 Å². The van der Waals surface area contributed by atoms with Crippen molar-refractivity contribution in [1.82, 2.24) is 0 Å². The molecule has 8 aromatic carbocycles. The number of benzene rings is 8. The molecule has 0 bridgehead atoms. The molecule has 0 spiro atoms. The second-order valence-electron chi connectivity index (χ2n) is 10.4. The first-order chi connectivity index (χ1) is 20.6. The van der Waals surface area contributed by atoms with E-state index in [1.54, 1.807) is 0 Å². The van der Waals surface area contributed by atoms with Crippen LogP contribution in [0.3, 0.4) is 0 Å². The van der Waals surface area contributed by atoms with E-state index in [1.165, 1.54) is 32.7 Å². The van der Waals surface area contributed by atoms with Gasteiger partial charge in [-0.25, -0.2) is 0 Å². The second-order valence-corrected chi connectivity index (χ2v) is 10.4. The van der Waals surface area contributed by atoms with Crippen molar-refractivity contribution in [1.29, 1.82) is 0 Å². The first-order valence-electron chi connectivity index (χ1n) is 14.7. The van der Waals surface area contributed by atoms with Crippen molar-refractivity contribution in [2.24, 2.45) is 0 Å². The highest BCUT2D eigenvalue weighted by atomic mass is 14.2. The largest absolute Gasteiger partial charge is 0.0623 e. The smallest absolute Gasteiger partial charge is 0.0622 e. The Morgan fingerprint density at radius 1 is 0.300 bits per heavy atom. The molecule has 40 heavy (non-hydrogen) atoms. The van der Waals surface area contributed by atoms with Crippen LogP contribution in [0.1, 0.15) is 2.74 Å². The third-order valence-corrected chi connectivity index (χ3v) is 8.08. The van der Waals surface area contributed by atoms with Gasteiger partial charge in [-0.15, -0.1) is 0 Å². The Kier molecular flexibility index (Phi) is 4.78. The normalized spacial score (nSPS) is 12.2. The predicted octanol–water partition coefficient (Wildman–Crippen LogP) is 11.3. The molecule has 0 radical (unpaired) electrons. The van der Waals surface area contributed by atoms with Crippen LogP contribution in [0.4, 0.5) is 0 Å². The van der Waals surface area contributed by atoms with Crippen molar-refractivity contribution in [3.8, 4) is 33.4 Å². The molecular formula is C40H26. The lowest BCUT2D eigenvalue weighted by atomic mass is 9.85. The molecule has 0 amide bonds. The lowest BCUT2D eigenvalue weighted by Crippen LogP contribution is -1.91.